The molecule has 0 bridgehead atoms. The molecule has 2 heterocycles. The molecule has 6 nitrogen and oxygen atoms in total. The molecule has 0 aliphatic carbocycles. The van der Waals surface area contributed by atoms with E-state index in [-0.39, 0.29) is 5.76 Å². The van der Waals surface area contributed by atoms with Crippen molar-refractivity contribution < 1.29 is 14.0 Å². The summed E-state index contributed by atoms with van der Waals surface area (Å²) in [5.74, 6) is -0.670. The number of nitrogens with one attached hydrogen (secondary N) is 1. The lowest BCUT2D eigenvalue weighted by atomic mass is 10.3. The third kappa shape index (κ3) is 3.19. The van der Waals surface area contributed by atoms with Crippen LogP contribution in [0.15, 0.2) is 39.4 Å². The second-order valence-electron chi connectivity index (χ2n) is 3.92. The van der Waals surface area contributed by atoms with E-state index in [0.29, 0.717) is 4.80 Å². The standard InChI is InChI=1S/C12H13N3O3S/c1-8(13-11(17)9-4-3-6-18-9)10(16)14-12-15(2)5-7-19-12/h3-8H,1-2H3,(H,13,17)/t8-/m0/s1. The number of carbonyl (C=O) groups is 2. The first kappa shape index (κ1) is 13.3. The van der Waals surface area contributed by atoms with Gasteiger partial charge in [0.1, 0.15) is 6.04 Å². The average molecular weight is 279 g/mol. The summed E-state index contributed by atoms with van der Waals surface area (Å²) in [6.45, 7) is 1.58. The van der Waals surface area contributed by atoms with Crippen LogP contribution in [0.1, 0.15) is 17.5 Å². The van der Waals surface area contributed by atoms with Gasteiger partial charge < -0.3 is 14.3 Å². The number of aryl methyl sites for hydroxylation is 1. The molecule has 0 aliphatic heterocycles. The largest absolute Gasteiger partial charge is 0.459 e. The van der Waals surface area contributed by atoms with E-state index in [1.165, 1.54) is 23.7 Å². The summed E-state index contributed by atoms with van der Waals surface area (Å²) in [6, 6.07) is 2.43. The molecule has 100 valence electrons. The van der Waals surface area contributed by atoms with E-state index in [1.807, 2.05) is 11.6 Å². The van der Waals surface area contributed by atoms with Crippen LogP contribution >= 0.6 is 11.3 Å². The Morgan fingerprint density at radius 2 is 2.32 bits per heavy atom. The highest BCUT2D eigenvalue weighted by Gasteiger charge is 2.17. The lowest BCUT2D eigenvalue weighted by Gasteiger charge is -2.08. The number of carbonyl (C=O) groups excluding carboxylic acids is 2. The number of aromatic nitrogens is 1. The minimum atomic E-state index is -0.709. The van der Waals surface area contributed by atoms with Gasteiger partial charge >= 0.3 is 0 Å². The molecule has 2 rings (SSSR count). The van der Waals surface area contributed by atoms with Gasteiger partial charge in [0.05, 0.1) is 6.26 Å². The average Bonchev–Trinajstić information content (AvgIpc) is 3.01. The van der Waals surface area contributed by atoms with Gasteiger partial charge in [-0.25, -0.2) is 0 Å². The van der Waals surface area contributed by atoms with Crippen LogP contribution in [-0.4, -0.2) is 22.4 Å². The smallest absolute Gasteiger partial charge is 0.287 e. The minimum Gasteiger partial charge on any atom is -0.459 e. The van der Waals surface area contributed by atoms with Crippen LogP contribution in [0.2, 0.25) is 0 Å². The van der Waals surface area contributed by atoms with Gasteiger partial charge in [-0.2, -0.15) is 4.99 Å². The fourth-order valence-corrected chi connectivity index (χ4v) is 2.10. The monoisotopic (exact) mass is 279 g/mol. The van der Waals surface area contributed by atoms with Crippen LogP contribution in [0.3, 0.4) is 0 Å². The zero-order valence-electron chi connectivity index (χ0n) is 10.5. The molecule has 0 saturated carbocycles. The van der Waals surface area contributed by atoms with E-state index < -0.39 is 17.9 Å². The minimum absolute atomic E-state index is 0.168. The molecule has 0 aromatic carbocycles. The predicted octanol–water partition coefficient (Wildman–Crippen LogP) is 0.925. The lowest BCUT2D eigenvalue weighted by molar-refractivity contribution is -0.119. The molecule has 0 unspecified atom stereocenters. The van der Waals surface area contributed by atoms with Gasteiger partial charge in [-0.05, 0) is 19.1 Å². The summed E-state index contributed by atoms with van der Waals surface area (Å²) in [6.07, 6.45) is 3.21. The summed E-state index contributed by atoms with van der Waals surface area (Å²) in [4.78, 5) is 28.1. The molecular weight excluding hydrogens is 266 g/mol. The molecule has 1 N–H and O–H groups in total. The number of nitrogens with zero attached hydrogens (tertiary/aromatic N) is 2. The third-order valence-corrected chi connectivity index (χ3v) is 3.28. The maximum atomic E-state index is 11.8. The maximum Gasteiger partial charge on any atom is 0.287 e. The third-order valence-electron chi connectivity index (χ3n) is 2.43. The van der Waals surface area contributed by atoms with Crippen molar-refractivity contribution >= 4 is 23.2 Å². The van der Waals surface area contributed by atoms with Crippen molar-refractivity contribution in [1.82, 2.24) is 9.88 Å². The molecule has 7 heteroatoms. The Morgan fingerprint density at radius 1 is 1.53 bits per heavy atom. The number of hydrogen-bond acceptors (Lipinski definition) is 4. The van der Waals surface area contributed by atoms with Gasteiger partial charge in [0, 0.05) is 18.6 Å². The van der Waals surface area contributed by atoms with Crippen molar-refractivity contribution in [2.45, 2.75) is 13.0 Å². The first-order valence-corrected chi connectivity index (χ1v) is 6.49. The van der Waals surface area contributed by atoms with Crippen molar-refractivity contribution in [3.8, 4) is 0 Å². The molecule has 2 amide bonds. The lowest BCUT2D eigenvalue weighted by Crippen LogP contribution is -2.38. The molecular formula is C12H13N3O3S. The quantitative estimate of drug-likeness (QED) is 0.907. The molecule has 2 aromatic heterocycles. The highest BCUT2D eigenvalue weighted by molar-refractivity contribution is 7.07. The molecule has 19 heavy (non-hydrogen) atoms. The van der Waals surface area contributed by atoms with Crippen LogP contribution in [0, 0.1) is 0 Å². The fourth-order valence-electron chi connectivity index (χ4n) is 1.36. The number of amides is 2. The van der Waals surface area contributed by atoms with Gasteiger partial charge in [0.2, 0.25) is 0 Å². The van der Waals surface area contributed by atoms with Gasteiger partial charge in [-0.3, -0.25) is 9.59 Å². The summed E-state index contributed by atoms with van der Waals surface area (Å²) in [7, 11) is 1.80. The zero-order chi connectivity index (χ0) is 13.8. The molecule has 0 fully saturated rings. The van der Waals surface area contributed by atoms with Crippen molar-refractivity contribution in [3.63, 3.8) is 0 Å². The number of rotatable bonds is 3. The van der Waals surface area contributed by atoms with Crippen LogP contribution in [0.5, 0.6) is 0 Å². The Morgan fingerprint density at radius 3 is 2.89 bits per heavy atom. The van der Waals surface area contributed by atoms with Crippen molar-refractivity contribution in [2.75, 3.05) is 0 Å². The van der Waals surface area contributed by atoms with Crippen molar-refractivity contribution in [3.05, 3.63) is 40.5 Å². The van der Waals surface area contributed by atoms with E-state index in [1.54, 1.807) is 24.6 Å². The predicted molar refractivity (Wildman–Crippen MR) is 69.5 cm³/mol. The Labute approximate surface area is 113 Å². The SMILES string of the molecule is C[C@H](NC(=O)c1ccco1)C(=O)N=c1sccn1C. The molecule has 0 aliphatic rings. The van der Waals surface area contributed by atoms with E-state index >= 15 is 0 Å². The topological polar surface area (TPSA) is 76.6 Å². The molecule has 0 spiro atoms. The number of furan rings is 1. The van der Waals surface area contributed by atoms with E-state index in [0.717, 1.165) is 0 Å². The van der Waals surface area contributed by atoms with Crippen molar-refractivity contribution in [2.24, 2.45) is 12.0 Å². The Balaban J connectivity index is 2.05. The van der Waals surface area contributed by atoms with Gasteiger partial charge in [-0.15, -0.1) is 11.3 Å². The van der Waals surface area contributed by atoms with Crippen LogP contribution in [-0.2, 0) is 11.8 Å². The Bertz CT molecular complexity index is 639. The molecule has 0 saturated heterocycles. The zero-order valence-corrected chi connectivity index (χ0v) is 11.3. The second-order valence-corrected chi connectivity index (χ2v) is 4.79. The highest BCUT2D eigenvalue weighted by Crippen LogP contribution is 2.00. The molecule has 2 aromatic rings. The molecule has 1 atom stereocenters. The molecule has 0 radical (unpaired) electrons. The van der Waals surface area contributed by atoms with Crippen molar-refractivity contribution in [1.29, 1.82) is 0 Å². The van der Waals surface area contributed by atoms with Gasteiger partial charge in [0.25, 0.3) is 11.8 Å². The van der Waals surface area contributed by atoms with Crippen LogP contribution in [0.4, 0.5) is 0 Å². The fraction of sp³-hybridized carbons (Fsp3) is 0.250. The summed E-state index contributed by atoms with van der Waals surface area (Å²) < 4.78 is 6.68. The second kappa shape index (κ2) is 5.66. The Hall–Kier alpha value is -2.15. The normalized spacial score (nSPS) is 13.3. The maximum absolute atomic E-state index is 11.8. The van der Waals surface area contributed by atoms with Crippen LogP contribution < -0.4 is 10.1 Å². The number of thiazole rings is 1. The van der Waals surface area contributed by atoms with Gasteiger partial charge in [0.15, 0.2) is 10.6 Å². The first-order chi connectivity index (χ1) is 9.08. The number of hydrogen-bond donors (Lipinski definition) is 1. The Kier molecular flexibility index (Phi) is 3.96. The van der Waals surface area contributed by atoms with Gasteiger partial charge in [-0.1, -0.05) is 0 Å². The summed E-state index contributed by atoms with van der Waals surface area (Å²) in [5, 5.41) is 4.36. The van der Waals surface area contributed by atoms with E-state index in [4.69, 9.17) is 4.42 Å². The van der Waals surface area contributed by atoms with Crippen LogP contribution in [0.25, 0.3) is 0 Å². The first-order valence-electron chi connectivity index (χ1n) is 5.61. The summed E-state index contributed by atoms with van der Waals surface area (Å²) in [5.41, 5.74) is 0. The summed E-state index contributed by atoms with van der Waals surface area (Å²) >= 11 is 1.36. The highest BCUT2D eigenvalue weighted by atomic mass is 32.1. The van der Waals surface area contributed by atoms with E-state index in [9.17, 15) is 9.59 Å². The van der Waals surface area contributed by atoms with E-state index in [2.05, 4.69) is 10.3 Å².